The number of Topliss-reactive ketones (excluding diaryl/α,β-unsaturated/α-hetero) is 1. The van der Waals surface area contributed by atoms with E-state index in [0.29, 0.717) is 36.1 Å². The molecule has 7 nitrogen and oxygen atoms in total. The summed E-state index contributed by atoms with van der Waals surface area (Å²) >= 11 is 0. The summed E-state index contributed by atoms with van der Waals surface area (Å²) in [5, 5.41) is 11.2. The van der Waals surface area contributed by atoms with Gasteiger partial charge in [-0.05, 0) is 29.5 Å². The fraction of sp³-hybridized carbons (Fsp3) is 0.320. The van der Waals surface area contributed by atoms with E-state index in [1.807, 2.05) is 49.1 Å². The van der Waals surface area contributed by atoms with Gasteiger partial charge in [0, 0.05) is 47.6 Å². The van der Waals surface area contributed by atoms with Gasteiger partial charge in [-0.25, -0.2) is 8.42 Å². The lowest BCUT2D eigenvalue weighted by molar-refractivity contribution is -0.384. The van der Waals surface area contributed by atoms with E-state index in [2.05, 4.69) is 0 Å². The number of allylic oxidation sites excluding steroid dienone is 4. The Morgan fingerprint density at radius 1 is 1.00 bits per heavy atom. The third-order valence-corrected chi connectivity index (χ3v) is 8.55. The van der Waals surface area contributed by atoms with E-state index in [4.69, 9.17) is 0 Å². The van der Waals surface area contributed by atoms with Crippen LogP contribution in [0.25, 0.3) is 0 Å². The van der Waals surface area contributed by atoms with E-state index in [9.17, 15) is 23.3 Å². The fourth-order valence-electron chi connectivity index (χ4n) is 5.33. The van der Waals surface area contributed by atoms with Gasteiger partial charge < -0.3 is 4.90 Å². The molecule has 2 aromatic rings. The summed E-state index contributed by atoms with van der Waals surface area (Å²) in [6.07, 6.45) is 1.31. The van der Waals surface area contributed by atoms with Crippen molar-refractivity contribution in [1.29, 1.82) is 0 Å². The van der Waals surface area contributed by atoms with Crippen LogP contribution in [-0.2, 0) is 14.6 Å². The number of benzene rings is 2. The monoisotopic (exact) mass is 464 g/mol. The molecule has 8 heteroatoms. The van der Waals surface area contributed by atoms with Crippen molar-refractivity contribution in [3.63, 3.8) is 0 Å². The van der Waals surface area contributed by atoms with Gasteiger partial charge in [-0.3, -0.25) is 14.9 Å². The Kier molecular flexibility index (Phi) is 4.83. The van der Waals surface area contributed by atoms with Gasteiger partial charge in [0.05, 0.1) is 21.5 Å². The first-order valence-electron chi connectivity index (χ1n) is 10.9. The first-order chi connectivity index (χ1) is 15.6. The van der Waals surface area contributed by atoms with Gasteiger partial charge in [0.1, 0.15) is 0 Å². The van der Waals surface area contributed by atoms with Crippen LogP contribution < -0.4 is 4.90 Å². The molecule has 0 N–H and O–H groups in total. The maximum absolute atomic E-state index is 13.6. The predicted molar refractivity (Wildman–Crippen MR) is 125 cm³/mol. The van der Waals surface area contributed by atoms with E-state index in [1.54, 1.807) is 12.1 Å². The number of rotatable bonds is 3. The number of sulfone groups is 1. The van der Waals surface area contributed by atoms with Gasteiger partial charge in [-0.2, -0.15) is 0 Å². The summed E-state index contributed by atoms with van der Waals surface area (Å²) in [7, 11) is -3.60. The van der Waals surface area contributed by atoms with E-state index < -0.39 is 20.7 Å². The Hall–Kier alpha value is -3.26. The second kappa shape index (κ2) is 7.38. The van der Waals surface area contributed by atoms with Crippen LogP contribution in [0.3, 0.4) is 0 Å². The van der Waals surface area contributed by atoms with E-state index >= 15 is 0 Å². The molecule has 0 saturated carbocycles. The van der Waals surface area contributed by atoms with Crippen LogP contribution in [0.5, 0.6) is 0 Å². The summed E-state index contributed by atoms with van der Waals surface area (Å²) in [5.74, 6) is -0.825. The molecule has 0 radical (unpaired) electrons. The molecule has 0 bridgehead atoms. The second-order valence-electron chi connectivity index (χ2n) is 9.63. The summed E-state index contributed by atoms with van der Waals surface area (Å²) in [6.45, 7) is 4.10. The molecule has 5 rings (SSSR count). The molecular weight excluding hydrogens is 440 g/mol. The van der Waals surface area contributed by atoms with Crippen molar-refractivity contribution < 1.29 is 18.1 Å². The van der Waals surface area contributed by atoms with Crippen molar-refractivity contribution in [3.05, 3.63) is 92.1 Å². The number of carbonyl (C=O) groups is 1. The molecule has 0 spiro atoms. The second-order valence-corrected chi connectivity index (χ2v) is 11.7. The number of ketones is 1. The predicted octanol–water partition coefficient (Wildman–Crippen LogP) is 4.87. The first kappa shape index (κ1) is 21.6. The quantitative estimate of drug-likeness (QED) is 0.475. The highest BCUT2D eigenvalue weighted by Crippen LogP contribution is 2.54. The Morgan fingerprint density at radius 2 is 1.67 bits per heavy atom. The Bertz CT molecular complexity index is 1340. The van der Waals surface area contributed by atoms with Gasteiger partial charge in [0.15, 0.2) is 15.6 Å². The summed E-state index contributed by atoms with van der Waals surface area (Å²) in [5.41, 5.74) is 3.12. The number of nitro groups is 1. The van der Waals surface area contributed by atoms with Crippen molar-refractivity contribution in [1.82, 2.24) is 0 Å². The minimum absolute atomic E-state index is 0.0113. The molecule has 3 aliphatic rings. The van der Waals surface area contributed by atoms with Crippen LogP contribution in [0.4, 0.5) is 11.4 Å². The third kappa shape index (κ3) is 3.49. The molecule has 2 heterocycles. The summed E-state index contributed by atoms with van der Waals surface area (Å²) < 4.78 is 26.6. The van der Waals surface area contributed by atoms with Crippen LogP contribution >= 0.6 is 0 Å². The smallest absolute Gasteiger partial charge is 0.269 e. The highest BCUT2D eigenvalue weighted by molar-refractivity contribution is 7.95. The van der Waals surface area contributed by atoms with Gasteiger partial charge in [-0.15, -0.1) is 0 Å². The molecule has 2 aromatic carbocycles. The number of carbonyl (C=O) groups excluding carboxylic acids is 1. The maximum atomic E-state index is 13.6. The molecular formula is C25H24N2O5S. The SMILES string of the molecule is CC1(C)CC(=O)C2=C(C1)N(c1ccccc1)C1=C(C2c2ccc([N+](=O)[O-])cc2)S(=O)(=O)CC1. The Labute approximate surface area is 192 Å². The highest BCUT2D eigenvalue weighted by atomic mass is 32.2. The largest absolute Gasteiger partial charge is 0.316 e. The highest BCUT2D eigenvalue weighted by Gasteiger charge is 2.50. The van der Waals surface area contributed by atoms with Crippen LogP contribution in [0.2, 0.25) is 0 Å². The zero-order valence-corrected chi connectivity index (χ0v) is 19.3. The summed E-state index contributed by atoms with van der Waals surface area (Å²) in [6, 6.07) is 15.5. The van der Waals surface area contributed by atoms with E-state index in [0.717, 1.165) is 11.4 Å². The standard InChI is InChI=1S/C25H24N2O5S/c1-25(2)14-20-23(21(28)15-25)22(16-8-10-18(11-9-16)27(29)30)24-19(12-13-33(24,31)32)26(20)17-6-4-3-5-7-17/h3-11,22H,12-15H2,1-2H3. The number of non-ortho nitro benzene ring substituents is 1. The van der Waals surface area contributed by atoms with Gasteiger partial charge >= 0.3 is 0 Å². The molecule has 1 atom stereocenters. The molecule has 0 aromatic heterocycles. The third-order valence-electron chi connectivity index (χ3n) is 6.67. The number of nitrogens with zero attached hydrogens (tertiary/aromatic N) is 2. The van der Waals surface area contributed by atoms with Crippen LogP contribution in [0.15, 0.2) is 76.5 Å². The fourth-order valence-corrected chi connectivity index (χ4v) is 7.18. The van der Waals surface area contributed by atoms with Gasteiger partial charge in [0.25, 0.3) is 5.69 Å². The molecule has 2 aliphatic heterocycles. The normalized spacial score (nSPS) is 23.4. The first-order valence-corrected chi connectivity index (χ1v) is 12.6. The average molecular weight is 465 g/mol. The minimum Gasteiger partial charge on any atom is -0.316 e. The number of nitro benzene ring substituents is 1. The number of hydrogen-bond donors (Lipinski definition) is 0. The van der Waals surface area contributed by atoms with Gasteiger partial charge in [-0.1, -0.05) is 44.2 Å². The average Bonchev–Trinajstić information content (AvgIpc) is 3.07. The van der Waals surface area contributed by atoms with Crippen molar-refractivity contribution >= 4 is 27.0 Å². The lowest BCUT2D eigenvalue weighted by Gasteiger charge is -2.44. The zero-order chi connectivity index (χ0) is 23.5. The molecule has 0 fully saturated rings. The molecule has 0 saturated heterocycles. The molecule has 0 amide bonds. The molecule has 1 aliphatic carbocycles. The van der Waals surface area contributed by atoms with Crippen molar-refractivity contribution in [2.75, 3.05) is 10.7 Å². The van der Waals surface area contributed by atoms with E-state index in [1.165, 1.54) is 12.1 Å². The summed E-state index contributed by atoms with van der Waals surface area (Å²) in [4.78, 5) is 26.5. The number of para-hydroxylation sites is 1. The molecule has 33 heavy (non-hydrogen) atoms. The minimum atomic E-state index is -3.60. The molecule has 1 unspecified atom stereocenters. The zero-order valence-electron chi connectivity index (χ0n) is 18.4. The Morgan fingerprint density at radius 3 is 2.30 bits per heavy atom. The topological polar surface area (TPSA) is 97.6 Å². The van der Waals surface area contributed by atoms with Crippen LogP contribution in [0.1, 0.15) is 44.6 Å². The lowest BCUT2D eigenvalue weighted by Crippen LogP contribution is -2.39. The lowest BCUT2D eigenvalue weighted by atomic mass is 9.70. The number of anilines is 1. The van der Waals surface area contributed by atoms with Crippen molar-refractivity contribution in [2.45, 2.75) is 39.0 Å². The van der Waals surface area contributed by atoms with Crippen molar-refractivity contribution in [2.24, 2.45) is 5.41 Å². The Balaban J connectivity index is 1.80. The van der Waals surface area contributed by atoms with E-state index in [-0.39, 0.29) is 27.5 Å². The van der Waals surface area contributed by atoms with Crippen molar-refractivity contribution in [3.8, 4) is 0 Å². The maximum Gasteiger partial charge on any atom is 0.269 e. The number of hydrogen-bond acceptors (Lipinski definition) is 6. The van der Waals surface area contributed by atoms with Crippen LogP contribution in [-0.4, -0.2) is 24.9 Å². The van der Waals surface area contributed by atoms with Gasteiger partial charge in [0.2, 0.25) is 0 Å². The van der Waals surface area contributed by atoms with Crippen LogP contribution in [0, 0.1) is 15.5 Å². The molecule has 170 valence electrons.